The number of benzene rings is 2. The van der Waals surface area contributed by atoms with Gasteiger partial charge in [0.1, 0.15) is 5.75 Å². The van der Waals surface area contributed by atoms with Gasteiger partial charge in [-0.05, 0) is 36.4 Å². The van der Waals surface area contributed by atoms with E-state index in [4.69, 9.17) is 33.2 Å². The number of nitriles is 1. The summed E-state index contributed by atoms with van der Waals surface area (Å²) < 4.78 is 5.76. The Morgan fingerprint density at radius 2 is 1.82 bits per heavy atom. The minimum atomic E-state index is -0.238. The number of pyridine rings is 1. The topological polar surface area (TPSA) is 75.0 Å². The molecule has 3 rings (SSSR count). The predicted molar refractivity (Wildman–Crippen MR) is 109 cm³/mol. The Kier molecular flexibility index (Phi) is 6.49. The van der Waals surface area contributed by atoms with Crippen LogP contribution in [0, 0.1) is 11.3 Å². The minimum absolute atomic E-state index is 0.238. The summed E-state index contributed by atoms with van der Waals surface area (Å²) >= 11 is 12.0. The largest absolute Gasteiger partial charge is 0.439 e. The molecule has 0 fully saturated rings. The maximum atomic E-state index is 12.2. The number of hydrogen-bond acceptors (Lipinski definition) is 4. The van der Waals surface area contributed by atoms with E-state index in [2.05, 4.69) is 10.3 Å². The second kappa shape index (κ2) is 9.23. The van der Waals surface area contributed by atoms with Gasteiger partial charge in [-0.1, -0.05) is 41.4 Å². The van der Waals surface area contributed by atoms with E-state index in [0.717, 1.165) is 5.56 Å². The third-order valence-electron chi connectivity index (χ3n) is 3.72. The summed E-state index contributed by atoms with van der Waals surface area (Å²) in [5.41, 5.74) is 1.91. The van der Waals surface area contributed by atoms with E-state index in [1.54, 1.807) is 42.5 Å². The van der Waals surface area contributed by atoms with Crippen LogP contribution in [0.4, 0.5) is 0 Å². The molecule has 0 aliphatic carbocycles. The molecule has 0 spiro atoms. The zero-order valence-corrected chi connectivity index (χ0v) is 16.2. The van der Waals surface area contributed by atoms with Crippen molar-refractivity contribution in [2.75, 3.05) is 6.54 Å². The number of nitrogens with one attached hydrogen (secondary N) is 1. The number of amides is 1. The van der Waals surface area contributed by atoms with E-state index in [1.165, 1.54) is 0 Å². The smallest absolute Gasteiger partial charge is 0.251 e. The molecule has 0 atom stereocenters. The first-order valence-electron chi connectivity index (χ1n) is 8.42. The molecule has 0 radical (unpaired) electrons. The van der Waals surface area contributed by atoms with E-state index in [-0.39, 0.29) is 12.3 Å². The predicted octanol–water partition coefficient (Wildman–Crippen LogP) is 5.49. The first-order valence-corrected chi connectivity index (χ1v) is 9.17. The molecule has 28 heavy (non-hydrogen) atoms. The molecule has 5 nitrogen and oxygen atoms in total. The normalized spacial score (nSPS) is 10.2. The lowest BCUT2D eigenvalue weighted by molar-refractivity contribution is 0.0954. The van der Waals surface area contributed by atoms with Crippen molar-refractivity contribution in [2.45, 2.75) is 6.42 Å². The van der Waals surface area contributed by atoms with Gasteiger partial charge in [0.15, 0.2) is 0 Å². The minimum Gasteiger partial charge on any atom is -0.439 e. The summed E-state index contributed by atoms with van der Waals surface area (Å²) in [5, 5.41) is 12.2. The van der Waals surface area contributed by atoms with Crippen molar-refractivity contribution >= 4 is 29.1 Å². The van der Waals surface area contributed by atoms with E-state index in [0.29, 0.717) is 39.5 Å². The van der Waals surface area contributed by atoms with Gasteiger partial charge in [-0.25, -0.2) is 4.98 Å². The zero-order valence-electron chi connectivity index (χ0n) is 14.7. The van der Waals surface area contributed by atoms with Crippen molar-refractivity contribution in [3.8, 4) is 29.0 Å². The Morgan fingerprint density at radius 3 is 2.57 bits per heavy atom. The monoisotopic (exact) mass is 411 g/mol. The molecule has 1 amide bonds. The number of carbonyl (C=O) groups is 1. The highest BCUT2D eigenvalue weighted by Crippen LogP contribution is 2.29. The Morgan fingerprint density at radius 1 is 1.07 bits per heavy atom. The van der Waals surface area contributed by atoms with Crippen LogP contribution in [0.25, 0.3) is 11.3 Å². The van der Waals surface area contributed by atoms with Crippen molar-refractivity contribution in [1.29, 1.82) is 5.26 Å². The van der Waals surface area contributed by atoms with Gasteiger partial charge in [-0.2, -0.15) is 5.26 Å². The molecule has 7 heteroatoms. The summed E-state index contributed by atoms with van der Waals surface area (Å²) in [7, 11) is 0. The summed E-state index contributed by atoms with van der Waals surface area (Å²) in [6.45, 7) is 0.309. The van der Waals surface area contributed by atoms with E-state index >= 15 is 0 Å². The number of carbonyl (C=O) groups excluding carboxylic acids is 1. The molecule has 1 N–H and O–H groups in total. The lowest BCUT2D eigenvalue weighted by Crippen LogP contribution is -2.24. The molecule has 0 saturated carbocycles. The SMILES string of the molecule is N#CCCNC(=O)c1cccc(-c2cccc(Oc3cc(Cl)cc(Cl)c3)n2)c1. The van der Waals surface area contributed by atoms with E-state index in [9.17, 15) is 4.79 Å². The van der Waals surface area contributed by atoms with Gasteiger partial charge in [-0.3, -0.25) is 4.79 Å². The van der Waals surface area contributed by atoms with Crippen LogP contribution in [0.1, 0.15) is 16.8 Å². The Bertz CT molecular complexity index is 1030. The maximum Gasteiger partial charge on any atom is 0.251 e. The van der Waals surface area contributed by atoms with E-state index in [1.807, 2.05) is 24.3 Å². The molecular weight excluding hydrogens is 397 g/mol. The highest BCUT2D eigenvalue weighted by molar-refractivity contribution is 6.34. The molecule has 1 heterocycles. The molecule has 0 saturated heterocycles. The Balaban J connectivity index is 1.81. The van der Waals surface area contributed by atoms with Crippen molar-refractivity contribution in [3.63, 3.8) is 0 Å². The van der Waals surface area contributed by atoms with Gasteiger partial charge in [0, 0.05) is 33.8 Å². The van der Waals surface area contributed by atoms with Crippen molar-refractivity contribution in [3.05, 3.63) is 76.3 Å². The van der Waals surface area contributed by atoms with Gasteiger partial charge in [-0.15, -0.1) is 0 Å². The van der Waals surface area contributed by atoms with Crippen molar-refractivity contribution in [1.82, 2.24) is 10.3 Å². The summed E-state index contributed by atoms with van der Waals surface area (Å²) in [4.78, 5) is 16.7. The highest BCUT2D eigenvalue weighted by Gasteiger charge is 2.09. The van der Waals surface area contributed by atoms with Gasteiger partial charge in [0.05, 0.1) is 18.2 Å². The molecular formula is C21H15Cl2N3O2. The number of ether oxygens (including phenoxy) is 1. The van der Waals surface area contributed by atoms with Gasteiger partial charge in [0.25, 0.3) is 5.91 Å². The summed E-state index contributed by atoms with van der Waals surface area (Å²) in [5.74, 6) is 0.616. The fraction of sp³-hybridized carbons (Fsp3) is 0.0952. The lowest BCUT2D eigenvalue weighted by Gasteiger charge is -2.09. The fourth-order valence-electron chi connectivity index (χ4n) is 2.49. The van der Waals surface area contributed by atoms with Crippen LogP contribution in [0.3, 0.4) is 0 Å². The fourth-order valence-corrected chi connectivity index (χ4v) is 3.00. The first kappa shape index (κ1) is 19.7. The average Bonchev–Trinajstić information content (AvgIpc) is 2.67. The third-order valence-corrected chi connectivity index (χ3v) is 4.16. The van der Waals surface area contributed by atoms with Crippen LogP contribution in [-0.4, -0.2) is 17.4 Å². The molecule has 0 unspecified atom stereocenters. The highest BCUT2D eigenvalue weighted by atomic mass is 35.5. The van der Waals surface area contributed by atoms with Gasteiger partial charge >= 0.3 is 0 Å². The Hall–Kier alpha value is -3.07. The standard InChI is InChI=1S/C21H15Cl2N3O2/c22-16-11-17(23)13-18(12-16)28-20-7-2-6-19(26-20)14-4-1-5-15(10-14)21(27)25-9-3-8-24/h1-2,4-7,10-13H,3,9H2,(H,25,27). The van der Waals surface area contributed by atoms with Crippen LogP contribution >= 0.6 is 23.2 Å². The first-order chi connectivity index (χ1) is 13.5. The molecule has 0 bridgehead atoms. The number of halogens is 2. The van der Waals surface area contributed by atoms with Gasteiger partial charge < -0.3 is 10.1 Å². The summed E-state index contributed by atoms with van der Waals surface area (Å²) in [6, 6.07) is 19.3. The number of hydrogen-bond donors (Lipinski definition) is 1. The van der Waals surface area contributed by atoms with Crippen LogP contribution in [0.5, 0.6) is 11.6 Å². The van der Waals surface area contributed by atoms with Gasteiger partial charge in [0.2, 0.25) is 5.88 Å². The summed E-state index contributed by atoms with van der Waals surface area (Å²) in [6.07, 6.45) is 0.264. The molecule has 140 valence electrons. The van der Waals surface area contributed by atoms with Crippen molar-refractivity contribution in [2.24, 2.45) is 0 Å². The molecule has 2 aromatic carbocycles. The number of rotatable bonds is 6. The second-order valence-electron chi connectivity index (χ2n) is 5.81. The maximum absolute atomic E-state index is 12.2. The molecule has 1 aromatic heterocycles. The van der Waals surface area contributed by atoms with Crippen LogP contribution in [0.15, 0.2) is 60.7 Å². The van der Waals surface area contributed by atoms with Crippen LogP contribution in [-0.2, 0) is 0 Å². The Labute approximate surface area is 172 Å². The van der Waals surface area contributed by atoms with E-state index < -0.39 is 0 Å². The molecule has 0 aliphatic rings. The number of aromatic nitrogens is 1. The average molecular weight is 412 g/mol. The zero-order chi connectivity index (χ0) is 19.9. The number of nitrogens with zero attached hydrogens (tertiary/aromatic N) is 2. The third kappa shape index (κ3) is 5.23. The lowest BCUT2D eigenvalue weighted by atomic mass is 10.1. The van der Waals surface area contributed by atoms with Crippen LogP contribution in [0.2, 0.25) is 10.0 Å². The van der Waals surface area contributed by atoms with Crippen molar-refractivity contribution < 1.29 is 9.53 Å². The second-order valence-corrected chi connectivity index (χ2v) is 6.69. The van der Waals surface area contributed by atoms with Crippen LogP contribution < -0.4 is 10.1 Å². The quantitative estimate of drug-likeness (QED) is 0.543. The molecule has 3 aromatic rings. The molecule has 0 aliphatic heterocycles.